The van der Waals surface area contributed by atoms with Crippen molar-refractivity contribution in [2.75, 3.05) is 5.32 Å². The van der Waals surface area contributed by atoms with Crippen molar-refractivity contribution in [2.24, 2.45) is 0 Å². The highest BCUT2D eigenvalue weighted by Crippen LogP contribution is 2.14. The Kier molecular flexibility index (Phi) is 5.65. The molecule has 0 saturated carbocycles. The number of hydrogen-bond donors (Lipinski definition) is 2. The minimum absolute atomic E-state index is 0.134. The van der Waals surface area contributed by atoms with Gasteiger partial charge in [0.15, 0.2) is 0 Å². The molecule has 2 N–H and O–H groups in total. The predicted octanol–water partition coefficient (Wildman–Crippen LogP) is 2.83. The fraction of sp³-hybridized carbons (Fsp3) is 0.0556. The zero-order valence-corrected chi connectivity index (χ0v) is 12.6. The summed E-state index contributed by atoms with van der Waals surface area (Å²) in [5.74, 6) is -0.950. The molecule has 24 heavy (non-hydrogen) atoms. The molecule has 118 valence electrons. The number of benzene rings is 2. The van der Waals surface area contributed by atoms with Gasteiger partial charge in [-0.3, -0.25) is 4.79 Å². The lowest BCUT2D eigenvalue weighted by molar-refractivity contribution is -0.112. The number of nitrogens with one attached hydrogen (secondary N) is 2. The Hall–Kier alpha value is -3.64. The maximum absolute atomic E-state index is 12.8. The SMILES string of the molecule is N#C/C(=C/NCc1ccc(F)cc1)C(=O)Nc1ccccc1C#N. The molecular formula is C18H13FN4O. The van der Waals surface area contributed by atoms with Gasteiger partial charge in [0.2, 0.25) is 0 Å². The Bertz CT molecular complexity index is 845. The molecule has 6 heteroatoms. The van der Waals surface area contributed by atoms with Crippen LogP contribution in [0.25, 0.3) is 0 Å². The molecule has 2 aromatic carbocycles. The van der Waals surface area contributed by atoms with Gasteiger partial charge in [0.1, 0.15) is 23.5 Å². The van der Waals surface area contributed by atoms with Crippen molar-refractivity contribution in [1.82, 2.24) is 5.32 Å². The first-order valence-corrected chi connectivity index (χ1v) is 7.02. The second-order valence-electron chi connectivity index (χ2n) is 4.79. The summed E-state index contributed by atoms with van der Waals surface area (Å²) in [4.78, 5) is 12.1. The lowest BCUT2D eigenvalue weighted by Gasteiger charge is -2.06. The summed E-state index contributed by atoms with van der Waals surface area (Å²) in [6, 6.07) is 16.1. The van der Waals surface area contributed by atoms with Crippen molar-refractivity contribution >= 4 is 11.6 Å². The highest BCUT2D eigenvalue weighted by molar-refractivity contribution is 6.07. The van der Waals surface area contributed by atoms with Gasteiger partial charge in [-0.25, -0.2) is 4.39 Å². The van der Waals surface area contributed by atoms with Crippen LogP contribution in [0.1, 0.15) is 11.1 Å². The van der Waals surface area contributed by atoms with Gasteiger partial charge in [-0.2, -0.15) is 10.5 Å². The summed E-state index contributed by atoms with van der Waals surface area (Å²) >= 11 is 0. The molecular weight excluding hydrogens is 307 g/mol. The molecule has 2 aromatic rings. The molecule has 0 heterocycles. The Labute approximate surface area is 138 Å². The highest BCUT2D eigenvalue weighted by atomic mass is 19.1. The standard InChI is InChI=1S/C18H13FN4O/c19-16-7-5-13(6-8-16)11-22-12-15(10-21)18(24)23-17-4-2-1-3-14(17)9-20/h1-8,12,22H,11H2,(H,23,24)/b15-12-. The Balaban J connectivity index is 2.02. The van der Waals surface area contributed by atoms with Gasteiger partial charge < -0.3 is 10.6 Å². The van der Waals surface area contributed by atoms with Crippen LogP contribution in [0.5, 0.6) is 0 Å². The van der Waals surface area contributed by atoms with E-state index in [9.17, 15) is 9.18 Å². The van der Waals surface area contributed by atoms with E-state index in [1.807, 2.05) is 6.07 Å². The van der Waals surface area contributed by atoms with E-state index in [0.29, 0.717) is 17.8 Å². The smallest absolute Gasteiger partial charge is 0.267 e. The van der Waals surface area contributed by atoms with Crippen LogP contribution in [0.4, 0.5) is 10.1 Å². The monoisotopic (exact) mass is 320 g/mol. The number of carbonyl (C=O) groups excluding carboxylic acids is 1. The summed E-state index contributed by atoms with van der Waals surface area (Å²) in [6.45, 7) is 0.341. The maximum atomic E-state index is 12.8. The molecule has 0 aromatic heterocycles. The van der Waals surface area contributed by atoms with Crippen LogP contribution in [-0.2, 0) is 11.3 Å². The van der Waals surface area contributed by atoms with Gasteiger partial charge in [-0.05, 0) is 29.8 Å². The van der Waals surface area contributed by atoms with Gasteiger partial charge in [0, 0.05) is 12.7 Å². The molecule has 5 nitrogen and oxygen atoms in total. The summed E-state index contributed by atoms with van der Waals surface area (Å²) in [5.41, 5.74) is 1.32. The fourth-order valence-corrected chi connectivity index (χ4v) is 1.90. The van der Waals surface area contributed by atoms with E-state index in [0.717, 1.165) is 5.56 Å². The molecule has 0 bridgehead atoms. The molecule has 0 radical (unpaired) electrons. The zero-order chi connectivity index (χ0) is 17.4. The van der Waals surface area contributed by atoms with Gasteiger partial charge in [-0.1, -0.05) is 24.3 Å². The number of rotatable bonds is 5. The summed E-state index contributed by atoms with van der Waals surface area (Å²) in [5, 5.41) is 23.5. The van der Waals surface area contributed by atoms with Crippen LogP contribution >= 0.6 is 0 Å². The maximum Gasteiger partial charge on any atom is 0.267 e. The topological polar surface area (TPSA) is 88.7 Å². The van der Waals surface area contributed by atoms with Crippen molar-refractivity contribution in [3.8, 4) is 12.1 Å². The van der Waals surface area contributed by atoms with Crippen LogP contribution in [-0.4, -0.2) is 5.91 Å². The number of para-hydroxylation sites is 1. The number of nitrogens with zero attached hydrogens (tertiary/aromatic N) is 2. The number of nitriles is 2. The second kappa shape index (κ2) is 8.11. The molecule has 0 aliphatic rings. The molecule has 2 rings (SSSR count). The first kappa shape index (κ1) is 16.7. The van der Waals surface area contributed by atoms with E-state index in [-0.39, 0.29) is 11.4 Å². The average Bonchev–Trinajstić information content (AvgIpc) is 2.60. The summed E-state index contributed by atoms with van der Waals surface area (Å²) in [7, 11) is 0. The Morgan fingerprint density at radius 3 is 2.50 bits per heavy atom. The lowest BCUT2D eigenvalue weighted by atomic mass is 10.2. The lowest BCUT2D eigenvalue weighted by Crippen LogP contribution is -2.17. The average molecular weight is 320 g/mol. The van der Waals surface area contributed by atoms with Gasteiger partial charge >= 0.3 is 0 Å². The Morgan fingerprint density at radius 2 is 1.83 bits per heavy atom. The fourth-order valence-electron chi connectivity index (χ4n) is 1.90. The van der Waals surface area contributed by atoms with E-state index in [2.05, 4.69) is 10.6 Å². The Morgan fingerprint density at radius 1 is 1.12 bits per heavy atom. The third-order valence-corrected chi connectivity index (χ3v) is 3.13. The van der Waals surface area contributed by atoms with Crippen LogP contribution in [0.3, 0.4) is 0 Å². The van der Waals surface area contributed by atoms with Crippen LogP contribution in [0.2, 0.25) is 0 Å². The molecule has 0 saturated heterocycles. The predicted molar refractivity (Wildman–Crippen MR) is 86.7 cm³/mol. The van der Waals surface area contributed by atoms with E-state index in [4.69, 9.17) is 10.5 Å². The molecule has 0 spiro atoms. The first-order valence-electron chi connectivity index (χ1n) is 7.02. The normalized spacial score (nSPS) is 10.4. The molecule has 0 aliphatic carbocycles. The van der Waals surface area contributed by atoms with Crippen molar-refractivity contribution in [3.63, 3.8) is 0 Å². The number of hydrogen-bond acceptors (Lipinski definition) is 4. The second-order valence-corrected chi connectivity index (χ2v) is 4.79. The zero-order valence-electron chi connectivity index (χ0n) is 12.6. The molecule has 0 fully saturated rings. The minimum atomic E-state index is -0.619. The number of carbonyl (C=O) groups is 1. The molecule has 1 amide bonds. The summed E-state index contributed by atoms with van der Waals surface area (Å²) in [6.07, 6.45) is 1.29. The van der Waals surface area contributed by atoms with Crippen molar-refractivity contribution in [1.29, 1.82) is 10.5 Å². The largest absolute Gasteiger partial charge is 0.386 e. The third kappa shape index (κ3) is 4.43. The third-order valence-electron chi connectivity index (χ3n) is 3.13. The molecule has 0 unspecified atom stereocenters. The van der Waals surface area contributed by atoms with E-state index in [1.54, 1.807) is 42.5 Å². The number of anilines is 1. The minimum Gasteiger partial charge on any atom is -0.386 e. The van der Waals surface area contributed by atoms with Crippen molar-refractivity contribution < 1.29 is 9.18 Å². The van der Waals surface area contributed by atoms with Gasteiger partial charge in [0.05, 0.1) is 11.3 Å². The first-order chi connectivity index (χ1) is 11.6. The van der Waals surface area contributed by atoms with E-state index < -0.39 is 5.91 Å². The number of halogens is 1. The quantitative estimate of drug-likeness (QED) is 0.655. The van der Waals surface area contributed by atoms with E-state index in [1.165, 1.54) is 18.3 Å². The van der Waals surface area contributed by atoms with Crippen molar-refractivity contribution in [2.45, 2.75) is 6.54 Å². The van der Waals surface area contributed by atoms with Crippen LogP contribution in [0.15, 0.2) is 60.3 Å². The van der Waals surface area contributed by atoms with E-state index >= 15 is 0 Å². The summed E-state index contributed by atoms with van der Waals surface area (Å²) < 4.78 is 12.8. The molecule has 0 aliphatic heterocycles. The van der Waals surface area contributed by atoms with Gasteiger partial charge in [0.25, 0.3) is 5.91 Å². The highest BCUT2D eigenvalue weighted by Gasteiger charge is 2.11. The van der Waals surface area contributed by atoms with Gasteiger partial charge in [-0.15, -0.1) is 0 Å². The van der Waals surface area contributed by atoms with Crippen LogP contribution < -0.4 is 10.6 Å². The van der Waals surface area contributed by atoms with Crippen molar-refractivity contribution in [3.05, 3.63) is 77.2 Å². The van der Waals surface area contributed by atoms with Crippen LogP contribution in [0, 0.1) is 28.5 Å². The number of amides is 1. The molecule has 0 atom stereocenters.